The Balaban J connectivity index is 2.12. The van der Waals surface area contributed by atoms with Gasteiger partial charge in [-0.1, -0.05) is 18.2 Å². The Kier molecular flexibility index (Phi) is 2.29. The van der Waals surface area contributed by atoms with E-state index in [-0.39, 0.29) is 0 Å². The average molecular weight is 224 g/mol. The van der Waals surface area contributed by atoms with Crippen LogP contribution in [0.2, 0.25) is 0 Å². The fourth-order valence-electron chi connectivity index (χ4n) is 2.48. The summed E-state index contributed by atoms with van der Waals surface area (Å²) >= 11 is 0. The van der Waals surface area contributed by atoms with Crippen molar-refractivity contribution in [3.63, 3.8) is 0 Å². The second kappa shape index (κ2) is 3.81. The number of aryl methyl sites for hydroxylation is 2. The van der Waals surface area contributed by atoms with E-state index in [0.29, 0.717) is 0 Å². The molecule has 0 saturated carbocycles. The minimum Gasteiger partial charge on any atom is -0.399 e. The van der Waals surface area contributed by atoms with Gasteiger partial charge in [-0.25, -0.2) is 0 Å². The van der Waals surface area contributed by atoms with E-state index < -0.39 is 0 Å². The number of nitrogens with two attached hydrogens (primary N) is 1. The van der Waals surface area contributed by atoms with Crippen LogP contribution in [0.25, 0.3) is 0 Å². The number of nitrogens with one attached hydrogen (secondary N) is 1. The topological polar surface area (TPSA) is 38.0 Å². The van der Waals surface area contributed by atoms with E-state index in [1.54, 1.807) is 0 Å². The van der Waals surface area contributed by atoms with E-state index in [1.165, 1.54) is 22.4 Å². The van der Waals surface area contributed by atoms with Crippen LogP contribution in [0.15, 0.2) is 36.4 Å². The smallest absolute Gasteiger partial charge is 0.0437 e. The van der Waals surface area contributed by atoms with Crippen molar-refractivity contribution in [1.82, 2.24) is 0 Å². The molecule has 0 spiro atoms. The maximum Gasteiger partial charge on any atom is 0.0437 e. The van der Waals surface area contributed by atoms with Crippen molar-refractivity contribution in [1.29, 1.82) is 0 Å². The second-order valence-electron chi connectivity index (χ2n) is 4.64. The molecule has 1 aliphatic rings. The number of benzene rings is 2. The van der Waals surface area contributed by atoms with Crippen molar-refractivity contribution in [2.24, 2.45) is 0 Å². The number of rotatable bonds is 0. The van der Waals surface area contributed by atoms with Crippen LogP contribution in [-0.4, -0.2) is 0 Å². The SMILES string of the molecule is Cc1cccc2c1CCc1ccc(N)cc1N2. The predicted octanol–water partition coefficient (Wildman–Crippen LogP) is 3.42. The van der Waals surface area contributed by atoms with Gasteiger partial charge in [-0.2, -0.15) is 0 Å². The molecule has 0 aliphatic carbocycles. The summed E-state index contributed by atoms with van der Waals surface area (Å²) in [6, 6.07) is 12.5. The largest absolute Gasteiger partial charge is 0.399 e. The lowest BCUT2D eigenvalue weighted by atomic mass is 10.0. The maximum atomic E-state index is 5.84. The van der Waals surface area contributed by atoms with Gasteiger partial charge in [-0.3, -0.25) is 0 Å². The Hall–Kier alpha value is -1.96. The van der Waals surface area contributed by atoms with E-state index in [1.807, 2.05) is 12.1 Å². The summed E-state index contributed by atoms with van der Waals surface area (Å²) in [4.78, 5) is 0. The van der Waals surface area contributed by atoms with Gasteiger partial charge in [0.1, 0.15) is 0 Å². The first kappa shape index (κ1) is 10.2. The Morgan fingerprint density at radius 1 is 1.06 bits per heavy atom. The lowest BCUT2D eigenvalue weighted by molar-refractivity contribution is 0.966. The molecule has 0 aromatic heterocycles. The predicted molar refractivity (Wildman–Crippen MR) is 72.7 cm³/mol. The molecule has 0 unspecified atom stereocenters. The molecule has 0 saturated heterocycles. The molecule has 3 N–H and O–H groups in total. The lowest BCUT2D eigenvalue weighted by Gasteiger charge is -2.11. The van der Waals surface area contributed by atoms with Gasteiger partial charge in [0.15, 0.2) is 0 Å². The van der Waals surface area contributed by atoms with Gasteiger partial charge in [0.05, 0.1) is 0 Å². The molecular weight excluding hydrogens is 208 g/mol. The van der Waals surface area contributed by atoms with Crippen molar-refractivity contribution in [2.75, 3.05) is 11.1 Å². The summed E-state index contributed by atoms with van der Waals surface area (Å²) in [6.45, 7) is 2.17. The molecule has 0 radical (unpaired) electrons. The van der Waals surface area contributed by atoms with Crippen LogP contribution in [0.1, 0.15) is 16.7 Å². The third-order valence-electron chi connectivity index (χ3n) is 3.46. The first-order chi connectivity index (χ1) is 8.24. The molecule has 2 aromatic carbocycles. The molecule has 0 amide bonds. The van der Waals surface area contributed by atoms with Crippen molar-refractivity contribution >= 4 is 17.1 Å². The van der Waals surface area contributed by atoms with Crippen LogP contribution in [0.3, 0.4) is 0 Å². The number of nitrogen functional groups attached to an aromatic ring is 1. The molecular formula is C15H16N2. The Morgan fingerprint density at radius 3 is 2.82 bits per heavy atom. The number of hydrogen-bond acceptors (Lipinski definition) is 2. The fraction of sp³-hybridized carbons (Fsp3) is 0.200. The van der Waals surface area contributed by atoms with Crippen molar-refractivity contribution in [3.8, 4) is 0 Å². The first-order valence-electron chi connectivity index (χ1n) is 5.98. The molecule has 86 valence electrons. The molecule has 2 aromatic rings. The highest BCUT2D eigenvalue weighted by atomic mass is 14.9. The van der Waals surface area contributed by atoms with Gasteiger partial charge < -0.3 is 11.1 Å². The highest BCUT2D eigenvalue weighted by molar-refractivity contribution is 5.71. The highest BCUT2D eigenvalue weighted by Crippen LogP contribution is 2.32. The quantitative estimate of drug-likeness (QED) is 0.673. The first-order valence-corrected chi connectivity index (χ1v) is 5.98. The summed E-state index contributed by atoms with van der Waals surface area (Å²) in [5.74, 6) is 0. The molecule has 3 rings (SSSR count). The minimum atomic E-state index is 0.812. The molecule has 2 nitrogen and oxygen atoms in total. The lowest BCUT2D eigenvalue weighted by Crippen LogP contribution is -1.96. The third kappa shape index (κ3) is 1.76. The summed E-state index contributed by atoms with van der Waals surface area (Å²) in [7, 11) is 0. The summed E-state index contributed by atoms with van der Waals surface area (Å²) < 4.78 is 0. The Bertz CT molecular complexity index is 573. The van der Waals surface area contributed by atoms with Crippen molar-refractivity contribution in [3.05, 3.63) is 53.1 Å². The van der Waals surface area contributed by atoms with Gasteiger partial charge in [0.25, 0.3) is 0 Å². The Labute approximate surface area is 101 Å². The van der Waals surface area contributed by atoms with Crippen molar-refractivity contribution < 1.29 is 0 Å². The van der Waals surface area contributed by atoms with E-state index in [0.717, 1.165) is 24.2 Å². The zero-order chi connectivity index (χ0) is 11.8. The van der Waals surface area contributed by atoms with Gasteiger partial charge in [-0.15, -0.1) is 0 Å². The maximum absolute atomic E-state index is 5.84. The van der Waals surface area contributed by atoms with Crippen LogP contribution in [0.5, 0.6) is 0 Å². The summed E-state index contributed by atoms with van der Waals surface area (Å²) in [5, 5.41) is 3.50. The van der Waals surface area contributed by atoms with Crippen LogP contribution in [0, 0.1) is 6.92 Å². The summed E-state index contributed by atoms with van der Waals surface area (Å²) in [6.07, 6.45) is 2.16. The molecule has 0 bridgehead atoms. The van der Waals surface area contributed by atoms with E-state index in [4.69, 9.17) is 5.73 Å². The Morgan fingerprint density at radius 2 is 1.94 bits per heavy atom. The van der Waals surface area contributed by atoms with Gasteiger partial charge in [-0.05, 0) is 54.7 Å². The minimum absolute atomic E-state index is 0.812. The monoisotopic (exact) mass is 224 g/mol. The third-order valence-corrected chi connectivity index (χ3v) is 3.46. The number of fused-ring (bicyclic) bond motifs is 2. The van der Waals surface area contributed by atoms with Gasteiger partial charge in [0, 0.05) is 17.1 Å². The molecule has 1 aliphatic heterocycles. The van der Waals surface area contributed by atoms with E-state index in [9.17, 15) is 0 Å². The number of anilines is 3. The van der Waals surface area contributed by atoms with E-state index >= 15 is 0 Å². The zero-order valence-electron chi connectivity index (χ0n) is 9.96. The molecule has 0 fully saturated rings. The van der Waals surface area contributed by atoms with Crippen LogP contribution in [0.4, 0.5) is 17.1 Å². The molecule has 2 heteroatoms. The molecule has 1 heterocycles. The molecule has 0 atom stereocenters. The summed E-state index contributed by atoms with van der Waals surface area (Å²) in [5.41, 5.74) is 13.1. The second-order valence-corrected chi connectivity index (χ2v) is 4.64. The van der Waals surface area contributed by atoms with Crippen LogP contribution in [-0.2, 0) is 12.8 Å². The van der Waals surface area contributed by atoms with Crippen LogP contribution >= 0.6 is 0 Å². The van der Waals surface area contributed by atoms with Gasteiger partial charge >= 0.3 is 0 Å². The highest BCUT2D eigenvalue weighted by Gasteiger charge is 2.13. The average Bonchev–Trinajstić information content (AvgIpc) is 2.48. The van der Waals surface area contributed by atoms with Crippen LogP contribution < -0.4 is 11.1 Å². The van der Waals surface area contributed by atoms with E-state index in [2.05, 4.69) is 36.5 Å². The number of hydrogen-bond donors (Lipinski definition) is 2. The zero-order valence-corrected chi connectivity index (χ0v) is 9.96. The van der Waals surface area contributed by atoms with Crippen molar-refractivity contribution in [2.45, 2.75) is 19.8 Å². The normalized spacial score (nSPS) is 13.2. The molecule has 17 heavy (non-hydrogen) atoms. The van der Waals surface area contributed by atoms with Gasteiger partial charge in [0.2, 0.25) is 0 Å². The fourth-order valence-corrected chi connectivity index (χ4v) is 2.48. The standard InChI is InChI=1S/C15H16N2/c1-10-3-2-4-14-13(10)8-6-11-5-7-12(16)9-15(11)17-14/h2-5,7,9,17H,6,8,16H2,1H3.